The highest BCUT2D eigenvalue weighted by atomic mass is 16.5. The molecular formula is C26H44O5. The third-order valence-electron chi connectivity index (χ3n) is 6.13. The number of aliphatic hydroxyl groups is 1. The number of rotatable bonds is 11. The lowest BCUT2D eigenvalue weighted by Crippen LogP contribution is -2.35. The zero-order valence-corrected chi connectivity index (χ0v) is 20.8. The molecule has 178 valence electrons. The molecule has 0 amide bonds. The summed E-state index contributed by atoms with van der Waals surface area (Å²) in [5.41, 5.74) is 2.48. The van der Waals surface area contributed by atoms with Gasteiger partial charge >= 0.3 is 5.97 Å². The molecule has 0 bridgehead atoms. The van der Waals surface area contributed by atoms with Crippen molar-refractivity contribution in [3.05, 3.63) is 35.5 Å². The molecule has 1 saturated heterocycles. The van der Waals surface area contributed by atoms with Crippen LogP contribution in [0.3, 0.4) is 0 Å². The normalized spacial score (nSPS) is 27.1. The van der Waals surface area contributed by atoms with E-state index in [2.05, 4.69) is 58.9 Å². The molecule has 1 N–H and O–H groups in total. The summed E-state index contributed by atoms with van der Waals surface area (Å²) >= 11 is 0. The van der Waals surface area contributed by atoms with Gasteiger partial charge in [-0.2, -0.15) is 0 Å². The number of carbonyl (C=O) groups excluding carboxylic acids is 1. The summed E-state index contributed by atoms with van der Waals surface area (Å²) in [4.78, 5) is 11.6. The fourth-order valence-corrected chi connectivity index (χ4v) is 4.52. The Morgan fingerprint density at radius 2 is 1.87 bits per heavy atom. The van der Waals surface area contributed by atoms with Crippen LogP contribution in [-0.2, 0) is 19.0 Å². The molecule has 0 radical (unpaired) electrons. The van der Waals surface area contributed by atoms with Crippen LogP contribution in [0.2, 0.25) is 0 Å². The summed E-state index contributed by atoms with van der Waals surface area (Å²) in [6.07, 6.45) is 11.2. The van der Waals surface area contributed by atoms with Gasteiger partial charge in [0.2, 0.25) is 0 Å². The van der Waals surface area contributed by atoms with Crippen LogP contribution in [0.15, 0.2) is 35.5 Å². The highest BCUT2D eigenvalue weighted by Crippen LogP contribution is 2.30. The van der Waals surface area contributed by atoms with Crippen LogP contribution in [0.5, 0.6) is 0 Å². The maximum Gasteiger partial charge on any atom is 0.308 e. The number of methoxy groups -OCH3 is 2. The average Bonchev–Trinajstić information content (AvgIpc) is 2.69. The van der Waals surface area contributed by atoms with E-state index in [-0.39, 0.29) is 30.2 Å². The predicted octanol–water partition coefficient (Wildman–Crippen LogP) is 5.24. The summed E-state index contributed by atoms with van der Waals surface area (Å²) < 4.78 is 16.4. The molecule has 0 saturated carbocycles. The number of carbonyl (C=O) groups is 1. The molecule has 0 aromatic heterocycles. The first-order valence-corrected chi connectivity index (χ1v) is 11.5. The van der Waals surface area contributed by atoms with Crippen molar-refractivity contribution in [3.8, 4) is 0 Å². The van der Waals surface area contributed by atoms with Crippen LogP contribution in [0.4, 0.5) is 0 Å². The van der Waals surface area contributed by atoms with Crippen molar-refractivity contribution >= 4 is 5.97 Å². The molecule has 5 nitrogen and oxygen atoms in total. The first kappa shape index (κ1) is 27.6. The number of aliphatic hydroxyl groups excluding tert-OH is 1. The van der Waals surface area contributed by atoms with E-state index < -0.39 is 6.10 Å². The van der Waals surface area contributed by atoms with Crippen molar-refractivity contribution in [1.29, 1.82) is 0 Å². The molecule has 7 atom stereocenters. The lowest BCUT2D eigenvalue weighted by molar-refractivity contribution is -0.147. The summed E-state index contributed by atoms with van der Waals surface area (Å²) in [7, 11) is 3.06. The van der Waals surface area contributed by atoms with Crippen LogP contribution in [0, 0.1) is 17.8 Å². The van der Waals surface area contributed by atoms with Gasteiger partial charge in [-0.3, -0.25) is 4.79 Å². The van der Waals surface area contributed by atoms with Crippen molar-refractivity contribution < 1.29 is 24.1 Å². The Hall–Kier alpha value is -1.43. The first-order chi connectivity index (χ1) is 14.6. The standard InChI is InChI=1S/C26H44O5/c1-17(14-18(2)15-21(5)26(30-8)22(6)27)10-9-11-19(3)25-20(4)12-13-23(31-25)16-24(28)29-7/h9-11,15,17,20-23,25-27H,12-14,16H2,1-8H3/b10-9+,18-15+,19-11+/t17-,20+,21+,22-,23-,25-,26-/m1/s1. The van der Waals surface area contributed by atoms with Crippen molar-refractivity contribution in [2.75, 3.05) is 14.2 Å². The van der Waals surface area contributed by atoms with Gasteiger partial charge in [-0.15, -0.1) is 0 Å². The molecule has 0 aliphatic carbocycles. The Morgan fingerprint density at radius 1 is 1.19 bits per heavy atom. The minimum atomic E-state index is -0.494. The van der Waals surface area contributed by atoms with E-state index in [1.807, 2.05) is 0 Å². The van der Waals surface area contributed by atoms with Gasteiger partial charge < -0.3 is 19.3 Å². The molecule has 1 aliphatic rings. The minimum absolute atomic E-state index is 0.0392. The highest BCUT2D eigenvalue weighted by molar-refractivity contribution is 5.69. The van der Waals surface area contributed by atoms with E-state index in [0.717, 1.165) is 19.3 Å². The Balaban J connectivity index is 2.65. The summed E-state index contributed by atoms with van der Waals surface area (Å²) in [6.45, 7) is 12.5. The Labute approximate surface area is 189 Å². The van der Waals surface area contributed by atoms with Gasteiger partial charge in [0, 0.05) is 13.0 Å². The largest absolute Gasteiger partial charge is 0.469 e. The topological polar surface area (TPSA) is 65.0 Å². The fraction of sp³-hybridized carbons (Fsp3) is 0.731. The van der Waals surface area contributed by atoms with E-state index >= 15 is 0 Å². The molecular weight excluding hydrogens is 392 g/mol. The number of esters is 1. The average molecular weight is 437 g/mol. The van der Waals surface area contributed by atoms with E-state index in [9.17, 15) is 9.90 Å². The fourth-order valence-electron chi connectivity index (χ4n) is 4.52. The molecule has 1 heterocycles. The predicted molar refractivity (Wildman–Crippen MR) is 126 cm³/mol. The number of allylic oxidation sites excluding steroid dienone is 4. The molecule has 0 aromatic rings. The van der Waals surface area contributed by atoms with Crippen molar-refractivity contribution in [2.24, 2.45) is 17.8 Å². The van der Waals surface area contributed by atoms with Gasteiger partial charge in [-0.1, -0.05) is 50.6 Å². The lowest BCUT2D eigenvalue weighted by atomic mass is 9.88. The third kappa shape index (κ3) is 9.71. The van der Waals surface area contributed by atoms with Crippen LogP contribution < -0.4 is 0 Å². The molecule has 1 fully saturated rings. The summed E-state index contributed by atoms with van der Waals surface area (Å²) in [6, 6.07) is 0. The SMILES string of the molecule is COC(=O)C[C@H]1CC[C@H](C)[C@@H](/C(C)=C/C=C/[C@@H](C)C/C(C)=C/[C@H](C)[C@@H](OC)[C@@H](C)O)O1. The van der Waals surface area contributed by atoms with Crippen LogP contribution in [-0.4, -0.2) is 49.7 Å². The number of hydrogen-bond acceptors (Lipinski definition) is 5. The van der Waals surface area contributed by atoms with E-state index in [0.29, 0.717) is 18.3 Å². The number of ether oxygens (including phenoxy) is 3. The van der Waals surface area contributed by atoms with E-state index in [1.165, 1.54) is 18.3 Å². The molecule has 5 heteroatoms. The lowest BCUT2D eigenvalue weighted by Gasteiger charge is -2.35. The van der Waals surface area contributed by atoms with Crippen molar-refractivity contribution in [2.45, 2.75) is 91.6 Å². The number of hydrogen-bond donors (Lipinski definition) is 1. The Morgan fingerprint density at radius 3 is 2.45 bits per heavy atom. The molecule has 0 unspecified atom stereocenters. The van der Waals surface area contributed by atoms with Crippen molar-refractivity contribution in [1.82, 2.24) is 0 Å². The van der Waals surface area contributed by atoms with Gasteiger partial charge in [0.25, 0.3) is 0 Å². The monoisotopic (exact) mass is 436 g/mol. The van der Waals surface area contributed by atoms with Crippen LogP contribution in [0.25, 0.3) is 0 Å². The summed E-state index contributed by atoms with van der Waals surface area (Å²) in [5, 5.41) is 9.84. The van der Waals surface area contributed by atoms with E-state index in [4.69, 9.17) is 14.2 Å². The molecule has 1 rings (SSSR count). The second kappa shape index (κ2) is 13.9. The zero-order valence-electron chi connectivity index (χ0n) is 20.8. The summed E-state index contributed by atoms with van der Waals surface area (Å²) in [5.74, 6) is 0.782. The smallest absolute Gasteiger partial charge is 0.308 e. The Bertz CT molecular complexity index is 634. The first-order valence-electron chi connectivity index (χ1n) is 11.5. The second-order valence-corrected chi connectivity index (χ2v) is 9.30. The molecule has 0 spiro atoms. The maximum atomic E-state index is 11.6. The van der Waals surface area contributed by atoms with Gasteiger partial charge in [-0.25, -0.2) is 0 Å². The van der Waals surface area contributed by atoms with Crippen LogP contribution >= 0.6 is 0 Å². The minimum Gasteiger partial charge on any atom is -0.469 e. The Kier molecular flexibility index (Phi) is 12.3. The highest BCUT2D eigenvalue weighted by Gasteiger charge is 2.30. The van der Waals surface area contributed by atoms with Crippen LogP contribution in [0.1, 0.15) is 67.2 Å². The molecule has 0 aromatic carbocycles. The van der Waals surface area contributed by atoms with E-state index in [1.54, 1.807) is 14.0 Å². The maximum absolute atomic E-state index is 11.6. The molecule has 1 aliphatic heterocycles. The van der Waals surface area contributed by atoms with Gasteiger partial charge in [0.05, 0.1) is 37.9 Å². The third-order valence-corrected chi connectivity index (χ3v) is 6.13. The zero-order chi connectivity index (χ0) is 23.6. The van der Waals surface area contributed by atoms with Crippen molar-refractivity contribution in [3.63, 3.8) is 0 Å². The van der Waals surface area contributed by atoms with Gasteiger partial charge in [0.1, 0.15) is 0 Å². The quantitative estimate of drug-likeness (QED) is 0.273. The van der Waals surface area contributed by atoms with Gasteiger partial charge in [-0.05, 0) is 57.4 Å². The molecule has 31 heavy (non-hydrogen) atoms. The van der Waals surface area contributed by atoms with Gasteiger partial charge in [0.15, 0.2) is 0 Å². The second-order valence-electron chi connectivity index (χ2n) is 9.30.